The van der Waals surface area contributed by atoms with E-state index in [1.54, 1.807) is 35.6 Å². The van der Waals surface area contributed by atoms with Crippen LogP contribution in [0.1, 0.15) is 22.8 Å². The molecule has 1 aromatic carbocycles. The van der Waals surface area contributed by atoms with Crippen molar-refractivity contribution in [3.05, 3.63) is 45.6 Å². The molecule has 0 bridgehead atoms. The molecule has 3 heterocycles. The molecule has 12 heteroatoms. The topological polar surface area (TPSA) is 128 Å². The van der Waals surface area contributed by atoms with Gasteiger partial charge in [-0.1, -0.05) is 24.8 Å². The molecule has 1 aliphatic rings. The van der Waals surface area contributed by atoms with Gasteiger partial charge in [-0.2, -0.15) is 5.10 Å². The van der Waals surface area contributed by atoms with E-state index >= 15 is 0 Å². The molecule has 1 N–H and O–H groups in total. The van der Waals surface area contributed by atoms with Crippen LogP contribution in [-0.2, 0) is 11.3 Å². The molecule has 0 aliphatic carbocycles. The Hall–Kier alpha value is -3.25. The number of nitrogens with zero attached hydrogens (tertiary/aromatic N) is 6. The van der Waals surface area contributed by atoms with Crippen LogP contribution in [0.4, 0.5) is 11.5 Å². The number of hydrogen-bond acceptors (Lipinski definition) is 9. The maximum atomic E-state index is 12.6. The van der Waals surface area contributed by atoms with Gasteiger partial charge in [0, 0.05) is 36.8 Å². The van der Waals surface area contributed by atoms with E-state index < -0.39 is 4.92 Å². The van der Waals surface area contributed by atoms with Crippen molar-refractivity contribution >= 4 is 40.2 Å². The number of amides is 1. The maximum Gasteiger partial charge on any atom is 0.273 e. The lowest BCUT2D eigenvalue weighted by atomic mass is 10.1. The van der Waals surface area contributed by atoms with E-state index in [2.05, 4.69) is 27.2 Å². The van der Waals surface area contributed by atoms with Crippen LogP contribution in [0, 0.1) is 17.0 Å². The van der Waals surface area contributed by atoms with Gasteiger partial charge in [-0.15, -0.1) is 0 Å². The first-order valence-electron chi connectivity index (χ1n) is 10.7. The van der Waals surface area contributed by atoms with Gasteiger partial charge in [0.15, 0.2) is 10.8 Å². The number of benzene rings is 1. The molecular weight excluding hydrogens is 446 g/mol. The number of carbonyl (C=O) groups is 1. The molecule has 0 radical (unpaired) electrons. The average Bonchev–Trinajstić information content (AvgIpc) is 3.22. The normalized spacial score (nSPS) is 13.9. The van der Waals surface area contributed by atoms with E-state index in [0.29, 0.717) is 42.7 Å². The summed E-state index contributed by atoms with van der Waals surface area (Å²) in [7, 11) is 0. The molecule has 11 nitrogen and oxygen atoms in total. The number of carbonyl (C=O) groups excluding carboxylic acids is 1. The number of nitro groups is 1. The van der Waals surface area contributed by atoms with Gasteiger partial charge < -0.3 is 15.0 Å². The largest absolute Gasteiger partial charge is 0.378 e. The van der Waals surface area contributed by atoms with E-state index in [1.165, 1.54) is 12.1 Å². The van der Waals surface area contributed by atoms with Crippen molar-refractivity contribution in [2.45, 2.75) is 25.5 Å². The van der Waals surface area contributed by atoms with Crippen molar-refractivity contribution < 1.29 is 14.5 Å². The quantitative estimate of drug-likeness (QED) is 0.228. The van der Waals surface area contributed by atoms with Gasteiger partial charge in [0.25, 0.3) is 11.6 Å². The summed E-state index contributed by atoms with van der Waals surface area (Å²) in [5.74, 6) is 1.33. The summed E-state index contributed by atoms with van der Waals surface area (Å²) < 4.78 is 7.22. The predicted molar refractivity (Wildman–Crippen MR) is 125 cm³/mol. The summed E-state index contributed by atoms with van der Waals surface area (Å²) in [4.78, 5) is 34.9. The lowest BCUT2D eigenvalue weighted by Crippen LogP contribution is -2.37. The number of fused-ring (bicyclic) bond motifs is 1. The van der Waals surface area contributed by atoms with Crippen molar-refractivity contribution in [3.8, 4) is 0 Å². The Balaban J connectivity index is 1.52. The molecule has 1 fully saturated rings. The Bertz CT molecular complexity index is 1180. The van der Waals surface area contributed by atoms with Crippen molar-refractivity contribution in [1.82, 2.24) is 25.1 Å². The molecule has 0 saturated carbocycles. The van der Waals surface area contributed by atoms with E-state index in [1.807, 2.05) is 0 Å². The van der Waals surface area contributed by atoms with Crippen molar-refractivity contribution in [2.24, 2.45) is 0 Å². The van der Waals surface area contributed by atoms with Crippen molar-refractivity contribution in [1.29, 1.82) is 0 Å². The van der Waals surface area contributed by atoms with Gasteiger partial charge in [-0.25, -0.2) is 14.6 Å². The molecular formula is C21H25N7O4S. The second-order valence-corrected chi connectivity index (χ2v) is 8.66. The number of nitrogens with one attached hydrogen (secondary N) is 1. The molecule has 0 spiro atoms. The Kier molecular flexibility index (Phi) is 7.04. The maximum absolute atomic E-state index is 12.6. The van der Waals surface area contributed by atoms with Gasteiger partial charge in [0.1, 0.15) is 5.82 Å². The fourth-order valence-corrected chi connectivity index (χ4v) is 4.29. The number of hydrogen-bond donors (Lipinski definition) is 1. The van der Waals surface area contributed by atoms with E-state index in [-0.39, 0.29) is 17.2 Å². The van der Waals surface area contributed by atoms with Crippen LogP contribution in [0.25, 0.3) is 11.0 Å². The van der Waals surface area contributed by atoms with Crippen LogP contribution in [0.5, 0.6) is 0 Å². The zero-order valence-corrected chi connectivity index (χ0v) is 19.3. The second-order valence-electron chi connectivity index (χ2n) is 7.43. The molecule has 4 rings (SSSR count). The summed E-state index contributed by atoms with van der Waals surface area (Å²) in [5, 5.41) is 20.0. The van der Waals surface area contributed by atoms with Crippen molar-refractivity contribution in [2.75, 3.05) is 43.5 Å². The van der Waals surface area contributed by atoms with Crippen LogP contribution < -0.4 is 10.2 Å². The summed E-state index contributed by atoms with van der Waals surface area (Å²) in [6.45, 7) is 7.14. The van der Waals surface area contributed by atoms with E-state index in [0.717, 1.165) is 30.0 Å². The highest BCUT2D eigenvalue weighted by Crippen LogP contribution is 2.27. The first kappa shape index (κ1) is 22.9. The molecule has 2 aromatic heterocycles. The van der Waals surface area contributed by atoms with Crippen LogP contribution in [-0.4, -0.2) is 69.2 Å². The van der Waals surface area contributed by atoms with E-state index in [9.17, 15) is 14.9 Å². The molecule has 3 aromatic rings. The summed E-state index contributed by atoms with van der Waals surface area (Å²) in [5.41, 5.74) is 1.26. The summed E-state index contributed by atoms with van der Waals surface area (Å²) in [6, 6.07) is 4.48. The third-order valence-corrected chi connectivity index (χ3v) is 6.12. The SMILES string of the molecule is CCSc1nc(N2CCOCC2)c2cnn(CCNC(=O)c3cccc([N+](=O)[O-])c3C)c2n1. The number of aromatic nitrogens is 4. The first-order chi connectivity index (χ1) is 16.0. The molecule has 0 atom stereocenters. The summed E-state index contributed by atoms with van der Waals surface area (Å²) in [6.07, 6.45) is 1.76. The average molecular weight is 472 g/mol. The summed E-state index contributed by atoms with van der Waals surface area (Å²) >= 11 is 1.57. The second kappa shape index (κ2) is 10.1. The molecule has 1 saturated heterocycles. The minimum absolute atomic E-state index is 0.0750. The Morgan fingerprint density at radius 2 is 2.09 bits per heavy atom. The highest BCUT2D eigenvalue weighted by molar-refractivity contribution is 7.99. The Morgan fingerprint density at radius 3 is 2.82 bits per heavy atom. The highest BCUT2D eigenvalue weighted by atomic mass is 32.2. The van der Waals surface area contributed by atoms with E-state index in [4.69, 9.17) is 9.72 Å². The number of ether oxygens (including phenoxy) is 1. The van der Waals surface area contributed by atoms with Gasteiger partial charge in [0.2, 0.25) is 0 Å². The van der Waals surface area contributed by atoms with Gasteiger partial charge in [-0.3, -0.25) is 14.9 Å². The minimum atomic E-state index is -0.486. The minimum Gasteiger partial charge on any atom is -0.378 e. The fourth-order valence-electron chi connectivity index (χ4n) is 3.73. The molecule has 1 aliphatic heterocycles. The first-order valence-corrected chi connectivity index (χ1v) is 11.7. The fraction of sp³-hybridized carbons (Fsp3) is 0.429. The lowest BCUT2D eigenvalue weighted by Gasteiger charge is -2.28. The smallest absolute Gasteiger partial charge is 0.273 e. The number of anilines is 1. The third kappa shape index (κ3) is 4.91. The predicted octanol–water partition coefficient (Wildman–Crippen LogP) is 2.42. The number of nitro benzene ring substituents is 1. The van der Waals surface area contributed by atoms with Crippen LogP contribution >= 0.6 is 11.8 Å². The Morgan fingerprint density at radius 1 is 1.30 bits per heavy atom. The lowest BCUT2D eigenvalue weighted by molar-refractivity contribution is -0.385. The number of morpholine rings is 1. The molecule has 33 heavy (non-hydrogen) atoms. The number of thioether (sulfide) groups is 1. The molecule has 1 amide bonds. The van der Waals surface area contributed by atoms with Gasteiger partial charge in [0.05, 0.1) is 36.3 Å². The zero-order chi connectivity index (χ0) is 23.4. The Labute approximate surface area is 194 Å². The van der Waals surface area contributed by atoms with Crippen LogP contribution in [0.3, 0.4) is 0 Å². The monoisotopic (exact) mass is 471 g/mol. The third-order valence-electron chi connectivity index (χ3n) is 5.40. The number of rotatable bonds is 8. The standard InChI is InChI=1S/C21H25N7O4S/c1-3-33-21-24-18(26-9-11-32-12-10-26)16-13-23-27(19(16)25-21)8-7-22-20(29)15-5-4-6-17(14(15)2)28(30)31/h4-6,13H,3,7-12H2,1-2H3,(H,22,29). The molecule has 174 valence electrons. The van der Waals surface area contributed by atoms with Crippen LogP contribution in [0.2, 0.25) is 0 Å². The van der Waals surface area contributed by atoms with Crippen LogP contribution in [0.15, 0.2) is 29.6 Å². The highest BCUT2D eigenvalue weighted by Gasteiger charge is 2.21. The van der Waals surface area contributed by atoms with Crippen molar-refractivity contribution in [3.63, 3.8) is 0 Å². The molecule has 0 unspecified atom stereocenters. The van der Waals surface area contributed by atoms with Gasteiger partial charge in [-0.05, 0) is 18.7 Å². The van der Waals surface area contributed by atoms with Gasteiger partial charge >= 0.3 is 0 Å². The zero-order valence-electron chi connectivity index (χ0n) is 18.5.